The van der Waals surface area contributed by atoms with Gasteiger partial charge in [-0.3, -0.25) is 4.79 Å². The minimum absolute atomic E-state index is 0.119. The summed E-state index contributed by atoms with van der Waals surface area (Å²) in [5, 5.41) is 0. The number of ether oxygens (including phenoxy) is 1. The van der Waals surface area contributed by atoms with Gasteiger partial charge in [0.1, 0.15) is 5.75 Å². The van der Waals surface area contributed by atoms with Gasteiger partial charge in [-0.05, 0) is 56.4 Å². The summed E-state index contributed by atoms with van der Waals surface area (Å²) in [7, 11) is 0. The Balaban J connectivity index is 1.92. The molecule has 114 valence electrons. The average Bonchev–Trinajstić information content (AvgIpc) is 2.52. The first kappa shape index (κ1) is 15.6. The molecule has 0 N–H and O–H groups in total. The van der Waals surface area contributed by atoms with Crippen LogP contribution in [0.2, 0.25) is 0 Å². The topological polar surface area (TPSA) is 29.5 Å². The number of nitrogens with zero attached hydrogens (tertiary/aromatic N) is 1. The van der Waals surface area contributed by atoms with Gasteiger partial charge < -0.3 is 9.64 Å². The van der Waals surface area contributed by atoms with Gasteiger partial charge in [0, 0.05) is 18.7 Å². The Hall–Kier alpha value is -1.77. The van der Waals surface area contributed by atoms with Crippen LogP contribution in [0.1, 0.15) is 45.1 Å². The maximum atomic E-state index is 12.2. The van der Waals surface area contributed by atoms with Crippen LogP contribution in [0.4, 0.5) is 0 Å². The molecule has 0 aliphatic carbocycles. The third-order valence-corrected chi connectivity index (χ3v) is 3.86. The van der Waals surface area contributed by atoms with Gasteiger partial charge in [-0.1, -0.05) is 19.1 Å². The zero-order chi connectivity index (χ0) is 15.1. The van der Waals surface area contributed by atoms with E-state index < -0.39 is 0 Å². The largest absolute Gasteiger partial charge is 0.494 e. The molecule has 1 amide bonds. The summed E-state index contributed by atoms with van der Waals surface area (Å²) in [6.45, 7) is 5.84. The van der Waals surface area contributed by atoms with Crippen molar-refractivity contribution < 1.29 is 9.53 Å². The monoisotopic (exact) mass is 287 g/mol. The van der Waals surface area contributed by atoms with Gasteiger partial charge in [0.2, 0.25) is 5.91 Å². The number of hydrogen-bond acceptors (Lipinski definition) is 2. The normalized spacial score (nSPS) is 19.0. The van der Waals surface area contributed by atoms with Crippen LogP contribution in [0.5, 0.6) is 5.75 Å². The fraction of sp³-hybridized carbons (Fsp3) is 0.500. The minimum atomic E-state index is 0.119. The quantitative estimate of drug-likeness (QED) is 0.769. The molecule has 1 aliphatic heterocycles. The molecule has 1 aromatic rings. The molecular formula is C18H25NO2. The first-order valence-corrected chi connectivity index (χ1v) is 7.92. The van der Waals surface area contributed by atoms with Crippen LogP contribution >= 0.6 is 0 Å². The van der Waals surface area contributed by atoms with Crippen LogP contribution in [0.25, 0.3) is 6.08 Å². The first-order chi connectivity index (χ1) is 10.2. The first-order valence-electron chi connectivity index (χ1n) is 7.92. The van der Waals surface area contributed by atoms with E-state index in [1.54, 1.807) is 6.08 Å². The average molecular weight is 287 g/mol. The van der Waals surface area contributed by atoms with E-state index in [0.29, 0.717) is 6.04 Å². The second-order valence-corrected chi connectivity index (χ2v) is 5.63. The molecule has 3 heteroatoms. The van der Waals surface area contributed by atoms with Crippen LogP contribution in [-0.2, 0) is 4.79 Å². The van der Waals surface area contributed by atoms with Crippen molar-refractivity contribution in [2.24, 2.45) is 0 Å². The van der Waals surface area contributed by atoms with Crippen molar-refractivity contribution in [2.45, 2.75) is 45.6 Å². The van der Waals surface area contributed by atoms with Crippen molar-refractivity contribution in [3.8, 4) is 5.75 Å². The Morgan fingerprint density at radius 1 is 1.33 bits per heavy atom. The van der Waals surface area contributed by atoms with Gasteiger partial charge in [0.25, 0.3) is 0 Å². The van der Waals surface area contributed by atoms with Crippen LogP contribution in [0, 0.1) is 0 Å². The summed E-state index contributed by atoms with van der Waals surface area (Å²) >= 11 is 0. The smallest absolute Gasteiger partial charge is 0.246 e. The minimum Gasteiger partial charge on any atom is -0.494 e. The maximum Gasteiger partial charge on any atom is 0.246 e. The highest BCUT2D eigenvalue weighted by Gasteiger charge is 2.20. The van der Waals surface area contributed by atoms with E-state index in [-0.39, 0.29) is 5.91 Å². The Morgan fingerprint density at radius 2 is 2.10 bits per heavy atom. The van der Waals surface area contributed by atoms with Gasteiger partial charge >= 0.3 is 0 Å². The summed E-state index contributed by atoms with van der Waals surface area (Å²) in [5.41, 5.74) is 1.02. The van der Waals surface area contributed by atoms with E-state index >= 15 is 0 Å². The lowest BCUT2D eigenvalue weighted by Gasteiger charge is -2.32. The zero-order valence-corrected chi connectivity index (χ0v) is 13.0. The van der Waals surface area contributed by atoms with Gasteiger partial charge in [-0.15, -0.1) is 0 Å². The van der Waals surface area contributed by atoms with E-state index in [9.17, 15) is 4.79 Å². The lowest BCUT2D eigenvalue weighted by Crippen LogP contribution is -2.41. The molecule has 0 aromatic heterocycles. The summed E-state index contributed by atoms with van der Waals surface area (Å²) in [6.07, 6.45) is 8.03. The summed E-state index contributed by atoms with van der Waals surface area (Å²) in [5.74, 6) is 0.999. The summed E-state index contributed by atoms with van der Waals surface area (Å²) < 4.78 is 5.55. The SMILES string of the molecule is CCCOc1ccc(/C=C/C(=O)N2CCCCC2C)cc1. The van der Waals surface area contributed by atoms with E-state index in [2.05, 4.69) is 13.8 Å². The molecule has 3 nitrogen and oxygen atoms in total. The van der Waals surface area contributed by atoms with E-state index in [0.717, 1.165) is 43.7 Å². The number of likely N-dealkylation sites (tertiary alicyclic amines) is 1. The predicted octanol–water partition coefficient (Wildman–Crippen LogP) is 3.89. The van der Waals surface area contributed by atoms with Crippen LogP contribution in [0.15, 0.2) is 30.3 Å². The van der Waals surface area contributed by atoms with E-state index in [1.807, 2.05) is 35.2 Å². The Morgan fingerprint density at radius 3 is 2.76 bits per heavy atom. The second-order valence-electron chi connectivity index (χ2n) is 5.63. The van der Waals surface area contributed by atoms with Crippen molar-refractivity contribution in [2.75, 3.05) is 13.2 Å². The van der Waals surface area contributed by atoms with E-state index in [1.165, 1.54) is 6.42 Å². The fourth-order valence-corrected chi connectivity index (χ4v) is 2.58. The number of carbonyl (C=O) groups is 1. The fourth-order valence-electron chi connectivity index (χ4n) is 2.58. The predicted molar refractivity (Wildman–Crippen MR) is 86.3 cm³/mol. The molecule has 0 spiro atoms. The van der Waals surface area contributed by atoms with Gasteiger partial charge in [-0.25, -0.2) is 0 Å². The summed E-state index contributed by atoms with van der Waals surface area (Å²) in [6, 6.07) is 8.22. The second kappa shape index (κ2) is 7.87. The molecule has 0 bridgehead atoms. The lowest BCUT2D eigenvalue weighted by atomic mass is 10.0. The molecule has 0 saturated carbocycles. The van der Waals surface area contributed by atoms with Gasteiger partial charge in [0.15, 0.2) is 0 Å². The molecule has 1 unspecified atom stereocenters. The van der Waals surface area contributed by atoms with Crippen LogP contribution in [0.3, 0.4) is 0 Å². The van der Waals surface area contributed by atoms with Crippen LogP contribution in [-0.4, -0.2) is 30.0 Å². The van der Waals surface area contributed by atoms with Crippen molar-refractivity contribution in [1.29, 1.82) is 0 Å². The molecule has 1 heterocycles. The molecule has 0 radical (unpaired) electrons. The highest BCUT2D eigenvalue weighted by atomic mass is 16.5. The van der Waals surface area contributed by atoms with Gasteiger partial charge in [0.05, 0.1) is 6.61 Å². The zero-order valence-electron chi connectivity index (χ0n) is 13.0. The van der Waals surface area contributed by atoms with Crippen LogP contribution < -0.4 is 4.74 Å². The number of rotatable bonds is 5. The number of amides is 1. The van der Waals surface area contributed by atoms with Crippen molar-refractivity contribution in [3.05, 3.63) is 35.9 Å². The molecule has 1 atom stereocenters. The Kier molecular flexibility index (Phi) is 5.85. The molecule has 21 heavy (non-hydrogen) atoms. The third kappa shape index (κ3) is 4.62. The third-order valence-electron chi connectivity index (χ3n) is 3.86. The lowest BCUT2D eigenvalue weighted by molar-refractivity contribution is -0.129. The molecule has 1 fully saturated rings. The number of carbonyl (C=O) groups excluding carboxylic acids is 1. The molecule has 1 saturated heterocycles. The number of hydrogen-bond donors (Lipinski definition) is 0. The molecular weight excluding hydrogens is 262 g/mol. The van der Waals surface area contributed by atoms with Crippen molar-refractivity contribution in [1.82, 2.24) is 4.90 Å². The number of benzene rings is 1. The Bertz CT molecular complexity index is 478. The van der Waals surface area contributed by atoms with Crippen molar-refractivity contribution in [3.63, 3.8) is 0 Å². The standard InChI is InChI=1S/C18H25NO2/c1-3-14-21-17-10-7-16(8-11-17)9-12-18(20)19-13-5-4-6-15(19)2/h7-12,15H,3-6,13-14H2,1-2H3/b12-9+. The highest BCUT2D eigenvalue weighted by molar-refractivity contribution is 5.92. The highest BCUT2D eigenvalue weighted by Crippen LogP contribution is 2.17. The van der Waals surface area contributed by atoms with Gasteiger partial charge in [-0.2, -0.15) is 0 Å². The van der Waals surface area contributed by atoms with E-state index in [4.69, 9.17) is 4.74 Å². The van der Waals surface area contributed by atoms with Crippen molar-refractivity contribution >= 4 is 12.0 Å². The molecule has 2 rings (SSSR count). The summed E-state index contributed by atoms with van der Waals surface area (Å²) in [4.78, 5) is 14.2. The molecule has 1 aromatic carbocycles. The molecule has 1 aliphatic rings. The maximum absolute atomic E-state index is 12.2. The number of piperidine rings is 1. The Labute approximate surface area is 127 Å².